The normalized spacial score (nSPS) is 43.6. The van der Waals surface area contributed by atoms with Crippen LogP contribution in [0.5, 0.6) is 0 Å². The number of halogens is 1. The SMILES string of the molecule is CC1=CC(=O)[C@@H]2C[C@H]1O[C@]2(C)CI. The van der Waals surface area contributed by atoms with Crippen molar-refractivity contribution in [2.45, 2.75) is 32.0 Å². The van der Waals surface area contributed by atoms with E-state index in [1.54, 1.807) is 6.08 Å². The molecule has 3 heteroatoms. The van der Waals surface area contributed by atoms with E-state index in [0.717, 1.165) is 16.4 Å². The lowest BCUT2D eigenvalue weighted by Gasteiger charge is -2.25. The molecule has 3 atom stereocenters. The van der Waals surface area contributed by atoms with Crippen molar-refractivity contribution in [1.82, 2.24) is 0 Å². The fourth-order valence-electron chi connectivity index (χ4n) is 2.16. The molecule has 0 aromatic heterocycles. The van der Waals surface area contributed by atoms with Crippen molar-refractivity contribution >= 4 is 28.4 Å². The average molecular weight is 292 g/mol. The van der Waals surface area contributed by atoms with Crippen LogP contribution in [-0.4, -0.2) is 21.9 Å². The van der Waals surface area contributed by atoms with Gasteiger partial charge < -0.3 is 4.74 Å². The number of rotatable bonds is 1. The lowest BCUT2D eigenvalue weighted by atomic mass is 9.81. The summed E-state index contributed by atoms with van der Waals surface area (Å²) in [6.45, 7) is 4.03. The van der Waals surface area contributed by atoms with Crippen molar-refractivity contribution in [3.63, 3.8) is 0 Å². The minimum atomic E-state index is -0.226. The van der Waals surface area contributed by atoms with Crippen LogP contribution in [0.3, 0.4) is 0 Å². The van der Waals surface area contributed by atoms with Crippen molar-refractivity contribution in [1.29, 1.82) is 0 Å². The summed E-state index contributed by atoms with van der Waals surface area (Å²) in [5.74, 6) is 0.350. The van der Waals surface area contributed by atoms with Crippen molar-refractivity contribution in [3.05, 3.63) is 11.6 Å². The number of hydrogen-bond donors (Lipinski definition) is 0. The van der Waals surface area contributed by atoms with Gasteiger partial charge in [0.2, 0.25) is 0 Å². The van der Waals surface area contributed by atoms with E-state index in [4.69, 9.17) is 4.74 Å². The zero-order chi connectivity index (χ0) is 9.64. The molecule has 0 unspecified atom stereocenters. The Morgan fingerprint density at radius 1 is 1.77 bits per heavy atom. The van der Waals surface area contributed by atoms with Gasteiger partial charge >= 0.3 is 0 Å². The first-order valence-corrected chi connectivity index (χ1v) is 6.05. The Balaban J connectivity index is 2.34. The number of carbonyl (C=O) groups excluding carboxylic acids is 1. The van der Waals surface area contributed by atoms with Crippen molar-refractivity contribution in [2.24, 2.45) is 5.92 Å². The van der Waals surface area contributed by atoms with Gasteiger partial charge in [0.05, 0.1) is 17.6 Å². The molecular weight excluding hydrogens is 279 g/mol. The molecule has 0 saturated carbocycles. The lowest BCUT2D eigenvalue weighted by molar-refractivity contribution is -0.121. The second kappa shape index (κ2) is 3.05. The molecule has 2 nitrogen and oxygen atoms in total. The van der Waals surface area contributed by atoms with Crippen LogP contribution in [0.25, 0.3) is 0 Å². The molecule has 0 spiro atoms. The number of ether oxygens (including phenoxy) is 1. The van der Waals surface area contributed by atoms with E-state index in [1.807, 2.05) is 6.92 Å². The summed E-state index contributed by atoms with van der Waals surface area (Å²) < 4.78 is 6.80. The van der Waals surface area contributed by atoms with Gasteiger partial charge in [-0.1, -0.05) is 22.6 Å². The standard InChI is InChI=1S/C10H13IO2/c1-6-3-8(12)7-4-9(6)13-10(7,2)5-11/h3,7,9H,4-5H2,1-2H3/t7-,9+,10+/m0/s1. The third-order valence-electron chi connectivity index (χ3n) is 3.08. The molecule has 2 rings (SSSR count). The van der Waals surface area contributed by atoms with E-state index in [2.05, 4.69) is 29.5 Å². The molecule has 0 N–H and O–H groups in total. The molecule has 1 fully saturated rings. The van der Waals surface area contributed by atoms with Gasteiger partial charge in [0.25, 0.3) is 0 Å². The van der Waals surface area contributed by atoms with Crippen LogP contribution in [0.15, 0.2) is 11.6 Å². The fourth-order valence-corrected chi connectivity index (χ4v) is 2.87. The molecule has 2 aliphatic rings. The molecule has 13 heavy (non-hydrogen) atoms. The second-order valence-corrected chi connectivity index (χ2v) is 4.89. The van der Waals surface area contributed by atoms with E-state index < -0.39 is 0 Å². The van der Waals surface area contributed by atoms with Crippen LogP contribution in [0.1, 0.15) is 20.3 Å². The molecule has 72 valence electrons. The third kappa shape index (κ3) is 1.36. The maximum Gasteiger partial charge on any atom is 0.161 e. The predicted octanol–water partition coefficient (Wildman–Crippen LogP) is 2.11. The Morgan fingerprint density at radius 2 is 2.46 bits per heavy atom. The van der Waals surface area contributed by atoms with E-state index >= 15 is 0 Å². The zero-order valence-corrected chi connectivity index (χ0v) is 10.00. The first-order valence-electron chi connectivity index (χ1n) is 4.52. The summed E-state index contributed by atoms with van der Waals surface area (Å²) in [5.41, 5.74) is 0.867. The van der Waals surface area contributed by atoms with E-state index in [1.165, 1.54) is 0 Å². The van der Waals surface area contributed by atoms with Gasteiger partial charge in [-0.15, -0.1) is 0 Å². The highest BCUT2D eigenvalue weighted by molar-refractivity contribution is 14.1. The maximum absolute atomic E-state index is 11.7. The molecule has 0 radical (unpaired) electrons. The monoisotopic (exact) mass is 292 g/mol. The number of carbonyl (C=O) groups is 1. The Kier molecular flexibility index (Phi) is 2.27. The van der Waals surface area contributed by atoms with Gasteiger partial charge in [-0.05, 0) is 31.9 Å². The minimum absolute atomic E-state index is 0.0955. The Labute approximate surface area is 91.9 Å². The van der Waals surface area contributed by atoms with Gasteiger partial charge in [-0.2, -0.15) is 0 Å². The quantitative estimate of drug-likeness (QED) is 0.546. The first-order chi connectivity index (χ1) is 6.07. The minimum Gasteiger partial charge on any atom is -0.366 e. The highest BCUT2D eigenvalue weighted by atomic mass is 127. The number of alkyl halides is 1. The summed E-state index contributed by atoms with van der Waals surface area (Å²) in [5, 5.41) is 0. The van der Waals surface area contributed by atoms with Crippen molar-refractivity contribution in [2.75, 3.05) is 4.43 Å². The predicted molar refractivity (Wildman–Crippen MR) is 59.0 cm³/mol. The Bertz CT molecular complexity index is 285. The lowest BCUT2D eigenvalue weighted by Crippen LogP contribution is -2.37. The summed E-state index contributed by atoms with van der Waals surface area (Å²) in [6.07, 6.45) is 2.85. The van der Waals surface area contributed by atoms with Gasteiger partial charge in [-0.3, -0.25) is 4.79 Å². The van der Waals surface area contributed by atoms with Crippen LogP contribution in [0.4, 0.5) is 0 Å². The molecule has 1 heterocycles. The average Bonchev–Trinajstić information content (AvgIpc) is 2.39. The van der Waals surface area contributed by atoms with E-state index in [0.29, 0.717) is 0 Å². The molecule has 0 aromatic rings. The molecular formula is C10H13IO2. The molecule has 1 aliphatic carbocycles. The molecule has 1 saturated heterocycles. The molecule has 0 amide bonds. The highest BCUT2D eigenvalue weighted by Crippen LogP contribution is 2.43. The zero-order valence-electron chi connectivity index (χ0n) is 7.84. The van der Waals surface area contributed by atoms with Gasteiger partial charge in [-0.25, -0.2) is 0 Å². The Morgan fingerprint density at radius 3 is 3.08 bits per heavy atom. The number of ketones is 1. The second-order valence-electron chi connectivity index (χ2n) is 4.13. The van der Waals surface area contributed by atoms with Crippen LogP contribution in [-0.2, 0) is 9.53 Å². The fraction of sp³-hybridized carbons (Fsp3) is 0.700. The number of allylic oxidation sites excluding steroid dienone is 1. The summed E-state index contributed by atoms with van der Waals surface area (Å²) in [4.78, 5) is 11.7. The van der Waals surface area contributed by atoms with Crippen molar-refractivity contribution < 1.29 is 9.53 Å². The van der Waals surface area contributed by atoms with E-state index in [9.17, 15) is 4.79 Å². The van der Waals surface area contributed by atoms with Gasteiger partial charge in [0.1, 0.15) is 0 Å². The first kappa shape index (κ1) is 9.65. The number of fused-ring (bicyclic) bond motifs is 2. The van der Waals surface area contributed by atoms with Crippen LogP contribution >= 0.6 is 22.6 Å². The van der Waals surface area contributed by atoms with Crippen LogP contribution < -0.4 is 0 Å². The van der Waals surface area contributed by atoms with Crippen LogP contribution in [0.2, 0.25) is 0 Å². The van der Waals surface area contributed by atoms with E-state index in [-0.39, 0.29) is 23.4 Å². The Hall–Kier alpha value is 0.1000. The smallest absolute Gasteiger partial charge is 0.161 e. The highest BCUT2D eigenvalue weighted by Gasteiger charge is 2.50. The number of hydrogen-bond acceptors (Lipinski definition) is 2. The largest absolute Gasteiger partial charge is 0.366 e. The van der Waals surface area contributed by atoms with Gasteiger partial charge in [0, 0.05) is 4.43 Å². The third-order valence-corrected chi connectivity index (χ3v) is 4.60. The summed E-state index contributed by atoms with van der Waals surface area (Å²) in [7, 11) is 0. The molecule has 1 aliphatic heterocycles. The molecule has 2 bridgehead atoms. The molecule has 0 aromatic carbocycles. The van der Waals surface area contributed by atoms with Crippen LogP contribution in [0, 0.1) is 5.92 Å². The van der Waals surface area contributed by atoms with Gasteiger partial charge in [0.15, 0.2) is 5.78 Å². The maximum atomic E-state index is 11.7. The summed E-state index contributed by atoms with van der Waals surface area (Å²) in [6, 6.07) is 0. The van der Waals surface area contributed by atoms with Crippen molar-refractivity contribution in [3.8, 4) is 0 Å². The summed E-state index contributed by atoms with van der Waals surface area (Å²) >= 11 is 2.30. The topological polar surface area (TPSA) is 26.3 Å².